The van der Waals surface area contributed by atoms with Crippen LogP contribution in [-0.4, -0.2) is 24.8 Å². The van der Waals surface area contributed by atoms with Crippen molar-refractivity contribution in [2.45, 2.75) is 104 Å². The van der Waals surface area contributed by atoms with Crippen molar-refractivity contribution in [3.63, 3.8) is 0 Å². The highest BCUT2D eigenvalue weighted by Crippen LogP contribution is 2.28. The van der Waals surface area contributed by atoms with E-state index in [1.165, 1.54) is 77.0 Å². The van der Waals surface area contributed by atoms with Gasteiger partial charge in [0.05, 0.1) is 25.5 Å². The summed E-state index contributed by atoms with van der Waals surface area (Å²) >= 11 is 0. The first-order valence-electron chi connectivity index (χ1n) is 14.2. The fourth-order valence-electron chi connectivity index (χ4n) is 4.63. The Labute approximate surface area is 213 Å². The Balaban J connectivity index is 1.35. The molecule has 2 aromatic rings. The summed E-state index contributed by atoms with van der Waals surface area (Å²) in [6.45, 7) is 6.86. The second-order valence-corrected chi connectivity index (χ2v) is 10.0. The minimum atomic E-state index is -0.296. The fourth-order valence-corrected chi connectivity index (χ4v) is 4.63. The van der Waals surface area contributed by atoms with Gasteiger partial charge in [0.25, 0.3) is 0 Å². The molecule has 35 heavy (non-hydrogen) atoms. The first-order chi connectivity index (χ1) is 17.3. The smallest absolute Gasteiger partial charge is 0.185 e. The van der Waals surface area contributed by atoms with Crippen molar-refractivity contribution in [3.05, 3.63) is 48.2 Å². The summed E-state index contributed by atoms with van der Waals surface area (Å²) in [7, 11) is 0. The lowest BCUT2D eigenvalue weighted by atomic mass is 10.0. The van der Waals surface area contributed by atoms with Gasteiger partial charge in [-0.3, -0.25) is 4.98 Å². The highest BCUT2D eigenvalue weighted by atomic mass is 16.7. The van der Waals surface area contributed by atoms with Gasteiger partial charge in [-0.1, -0.05) is 90.5 Å². The molecule has 2 heterocycles. The van der Waals surface area contributed by atoms with Crippen LogP contribution in [0.15, 0.2) is 42.6 Å². The van der Waals surface area contributed by atoms with E-state index in [0.717, 1.165) is 48.8 Å². The summed E-state index contributed by atoms with van der Waals surface area (Å²) in [5, 5.41) is 0. The van der Waals surface area contributed by atoms with E-state index in [0.29, 0.717) is 5.92 Å². The third kappa shape index (κ3) is 10.3. The molecule has 1 aromatic heterocycles. The van der Waals surface area contributed by atoms with Gasteiger partial charge in [-0.2, -0.15) is 0 Å². The van der Waals surface area contributed by atoms with E-state index in [2.05, 4.69) is 43.1 Å². The van der Waals surface area contributed by atoms with Crippen molar-refractivity contribution in [2.75, 3.05) is 19.8 Å². The summed E-state index contributed by atoms with van der Waals surface area (Å²) in [5.41, 5.74) is 3.03. The number of ether oxygens (including phenoxy) is 3. The van der Waals surface area contributed by atoms with Crippen LogP contribution in [0.4, 0.5) is 0 Å². The number of benzene rings is 1. The maximum atomic E-state index is 6.04. The minimum Gasteiger partial charge on any atom is -0.494 e. The maximum absolute atomic E-state index is 6.04. The SMILES string of the molecule is CCCCCCCCCC1COC(c2ccc(-c3ccc(OCCCCCCC)cc3)nc2)OC1. The van der Waals surface area contributed by atoms with E-state index in [1.807, 2.05) is 18.3 Å². The molecule has 0 bridgehead atoms. The summed E-state index contributed by atoms with van der Waals surface area (Å²) < 4.78 is 18.0. The van der Waals surface area contributed by atoms with Crippen LogP contribution in [0, 0.1) is 5.92 Å². The first-order valence-corrected chi connectivity index (χ1v) is 14.2. The summed E-state index contributed by atoms with van der Waals surface area (Å²) in [5.74, 6) is 1.45. The fraction of sp³-hybridized carbons (Fsp3) is 0.645. The zero-order valence-electron chi connectivity index (χ0n) is 22.2. The van der Waals surface area contributed by atoms with Crippen LogP contribution in [0.3, 0.4) is 0 Å². The third-order valence-corrected chi connectivity index (χ3v) is 6.91. The quantitative estimate of drug-likeness (QED) is 0.211. The number of aromatic nitrogens is 1. The number of hydrogen-bond donors (Lipinski definition) is 0. The van der Waals surface area contributed by atoms with Gasteiger partial charge in [0.1, 0.15) is 5.75 Å². The first kappa shape index (κ1) is 27.7. The molecule has 0 spiro atoms. The average molecular weight is 482 g/mol. The van der Waals surface area contributed by atoms with Gasteiger partial charge in [0.2, 0.25) is 0 Å². The van der Waals surface area contributed by atoms with Crippen LogP contribution < -0.4 is 4.74 Å². The molecule has 0 saturated carbocycles. The molecule has 1 aromatic carbocycles. The van der Waals surface area contributed by atoms with Crippen LogP contribution in [0.5, 0.6) is 5.75 Å². The Morgan fingerprint density at radius 3 is 2.00 bits per heavy atom. The molecule has 194 valence electrons. The van der Waals surface area contributed by atoms with Gasteiger partial charge in [0, 0.05) is 23.2 Å². The van der Waals surface area contributed by atoms with Crippen molar-refractivity contribution in [1.82, 2.24) is 4.98 Å². The van der Waals surface area contributed by atoms with E-state index < -0.39 is 0 Å². The van der Waals surface area contributed by atoms with Crippen LogP contribution >= 0.6 is 0 Å². The van der Waals surface area contributed by atoms with E-state index >= 15 is 0 Å². The van der Waals surface area contributed by atoms with Crippen molar-refractivity contribution in [1.29, 1.82) is 0 Å². The molecule has 1 aliphatic heterocycles. The molecule has 0 radical (unpaired) electrons. The van der Waals surface area contributed by atoms with E-state index in [9.17, 15) is 0 Å². The molecular formula is C31H47NO3. The second kappa shape index (κ2) is 16.7. The van der Waals surface area contributed by atoms with E-state index in [-0.39, 0.29) is 6.29 Å². The summed E-state index contributed by atoms with van der Waals surface area (Å²) in [4.78, 5) is 4.67. The van der Waals surface area contributed by atoms with Gasteiger partial charge in [-0.25, -0.2) is 0 Å². The normalized spacial score (nSPS) is 18.0. The highest BCUT2D eigenvalue weighted by Gasteiger charge is 2.23. The lowest BCUT2D eigenvalue weighted by Gasteiger charge is -2.29. The molecule has 0 unspecified atom stereocenters. The summed E-state index contributed by atoms with van der Waals surface area (Å²) in [6.07, 6.45) is 18.5. The van der Waals surface area contributed by atoms with Crippen molar-refractivity contribution < 1.29 is 14.2 Å². The van der Waals surface area contributed by atoms with E-state index in [1.54, 1.807) is 0 Å². The molecule has 4 nitrogen and oxygen atoms in total. The number of pyridine rings is 1. The Morgan fingerprint density at radius 1 is 0.743 bits per heavy atom. The predicted molar refractivity (Wildman–Crippen MR) is 145 cm³/mol. The number of rotatable bonds is 17. The van der Waals surface area contributed by atoms with Gasteiger partial charge in [-0.15, -0.1) is 0 Å². The average Bonchev–Trinajstić information content (AvgIpc) is 2.91. The Hall–Kier alpha value is -1.91. The molecule has 0 aliphatic carbocycles. The molecule has 3 rings (SSSR count). The molecular weight excluding hydrogens is 434 g/mol. The topological polar surface area (TPSA) is 40.6 Å². The molecule has 0 amide bonds. The third-order valence-electron chi connectivity index (χ3n) is 6.91. The number of unbranched alkanes of at least 4 members (excludes halogenated alkanes) is 10. The number of nitrogens with zero attached hydrogens (tertiary/aromatic N) is 1. The molecule has 4 heteroatoms. The van der Waals surface area contributed by atoms with Crippen molar-refractivity contribution in [3.8, 4) is 17.0 Å². The monoisotopic (exact) mass is 481 g/mol. The molecule has 1 aliphatic rings. The molecule has 1 saturated heterocycles. The van der Waals surface area contributed by atoms with E-state index in [4.69, 9.17) is 14.2 Å². The Kier molecular flexibility index (Phi) is 13.2. The van der Waals surface area contributed by atoms with Crippen molar-refractivity contribution >= 4 is 0 Å². The largest absolute Gasteiger partial charge is 0.494 e. The predicted octanol–water partition coefficient (Wildman–Crippen LogP) is 8.90. The van der Waals surface area contributed by atoms with Crippen LogP contribution in [-0.2, 0) is 9.47 Å². The zero-order chi connectivity index (χ0) is 24.6. The minimum absolute atomic E-state index is 0.296. The van der Waals surface area contributed by atoms with Crippen LogP contribution in [0.2, 0.25) is 0 Å². The Morgan fingerprint density at radius 2 is 1.37 bits per heavy atom. The van der Waals surface area contributed by atoms with Gasteiger partial charge >= 0.3 is 0 Å². The maximum Gasteiger partial charge on any atom is 0.185 e. The Bertz CT molecular complexity index is 782. The molecule has 0 atom stereocenters. The van der Waals surface area contributed by atoms with Crippen molar-refractivity contribution in [2.24, 2.45) is 5.92 Å². The molecule has 1 fully saturated rings. The second-order valence-electron chi connectivity index (χ2n) is 10.0. The van der Waals surface area contributed by atoms with Crippen LogP contribution in [0.1, 0.15) is 109 Å². The standard InChI is InChI=1S/C31H47NO3/c1-3-5-7-9-10-11-13-15-26-24-34-31(35-25-26)28-18-21-30(32-23-28)27-16-19-29(20-17-27)33-22-14-12-8-6-4-2/h16-21,23,26,31H,3-15,22,24-25H2,1-2H3. The lowest BCUT2D eigenvalue weighted by Crippen LogP contribution is -2.27. The number of hydrogen-bond acceptors (Lipinski definition) is 4. The lowest BCUT2D eigenvalue weighted by molar-refractivity contribution is -0.206. The van der Waals surface area contributed by atoms with Gasteiger partial charge in [0.15, 0.2) is 6.29 Å². The van der Waals surface area contributed by atoms with Crippen LogP contribution in [0.25, 0.3) is 11.3 Å². The summed E-state index contributed by atoms with van der Waals surface area (Å²) in [6, 6.07) is 12.4. The highest BCUT2D eigenvalue weighted by molar-refractivity contribution is 5.60. The van der Waals surface area contributed by atoms with Gasteiger partial charge in [-0.05, 0) is 43.2 Å². The zero-order valence-corrected chi connectivity index (χ0v) is 22.2. The molecule has 0 N–H and O–H groups in total. The van der Waals surface area contributed by atoms with Gasteiger partial charge < -0.3 is 14.2 Å².